The zero-order valence-corrected chi connectivity index (χ0v) is 11.0. The minimum Gasteiger partial charge on any atom is -0.444 e. The second-order valence-corrected chi connectivity index (χ2v) is 5.80. The normalized spacial score (nSPS) is 30.2. The van der Waals surface area contributed by atoms with E-state index in [0.717, 1.165) is 0 Å². The molecule has 0 aromatic rings. The average Bonchev–Trinajstić information content (AvgIpc) is 2.19. The van der Waals surface area contributed by atoms with E-state index in [1.165, 1.54) is 4.90 Å². The van der Waals surface area contributed by atoms with Gasteiger partial charge < -0.3 is 14.7 Å². The molecule has 0 radical (unpaired) electrons. The Morgan fingerprint density at radius 3 is 2.65 bits per heavy atom. The zero-order valence-electron chi connectivity index (χ0n) is 11.0. The van der Waals surface area contributed by atoms with Crippen LogP contribution in [-0.2, 0) is 4.74 Å². The van der Waals surface area contributed by atoms with Gasteiger partial charge in [-0.2, -0.15) is 0 Å². The number of carbonyl (C=O) groups excluding carboxylic acids is 1. The molecule has 0 spiro atoms. The number of aliphatic hydroxyl groups is 1. The first kappa shape index (κ1) is 14.2. The number of halogens is 1. The van der Waals surface area contributed by atoms with Crippen molar-refractivity contribution in [2.45, 2.75) is 57.8 Å². The van der Waals surface area contributed by atoms with E-state index in [4.69, 9.17) is 9.84 Å². The highest BCUT2D eigenvalue weighted by atomic mass is 19.1. The lowest BCUT2D eigenvalue weighted by Gasteiger charge is -2.41. The number of aliphatic hydroxyl groups excluding tert-OH is 1. The summed E-state index contributed by atoms with van der Waals surface area (Å²) >= 11 is 0. The Labute approximate surface area is 102 Å². The van der Waals surface area contributed by atoms with E-state index in [1.807, 2.05) is 6.92 Å². The lowest BCUT2D eigenvalue weighted by Crippen LogP contribution is -2.54. The topological polar surface area (TPSA) is 49.8 Å². The molecule has 0 saturated carbocycles. The second kappa shape index (κ2) is 4.80. The third-order valence-electron chi connectivity index (χ3n) is 2.91. The molecule has 1 aliphatic heterocycles. The molecular formula is C12H22FNO3. The Hall–Kier alpha value is -0.840. The summed E-state index contributed by atoms with van der Waals surface area (Å²) in [6.07, 6.45) is 0.306. The van der Waals surface area contributed by atoms with Crippen LogP contribution in [0.5, 0.6) is 0 Å². The van der Waals surface area contributed by atoms with Crippen molar-refractivity contribution < 1.29 is 19.0 Å². The molecule has 5 heteroatoms. The Bertz CT molecular complexity index is 290. The minimum atomic E-state index is -1.69. The van der Waals surface area contributed by atoms with Gasteiger partial charge >= 0.3 is 6.09 Å². The Morgan fingerprint density at radius 1 is 1.59 bits per heavy atom. The first-order valence-electron chi connectivity index (χ1n) is 5.96. The largest absolute Gasteiger partial charge is 0.444 e. The number of alkyl halides is 1. The van der Waals surface area contributed by atoms with Crippen molar-refractivity contribution in [2.24, 2.45) is 0 Å². The number of amides is 1. The molecule has 0 bridgehead atoms. The van der Waals surface area contributed by atoms with Gasteiger partial charge in [0.2, 0.25) is 0 Å². The van der Waals surface area contributed by atoms with Crippen LogP contribution in [0, 0.1) is 0 Å². The predicted octanol–water partition coefficient (Wildman–Crippen LogP) is 2.11. The molecule has 1 rings (SSSR count). The minimum absolute atomic E-state index is 0.0553. The summed E-state index contributed by atoms with van der Waals surface area (Å²) in [6.45, 7) is 6.52. The van der Waals surface area contributed by atoms with E-state index >= 15 is 0 Å². The van der Waals surface area contributed by atoms with Gasteiger partial charge in [-0.3, -0.25) is 0 Å². The van der Waals surface area contributed by atoms with Crippen LogP contribution in [0.2, 0.25) is 0 Å². The number of piperidine rings is 1. The molecule has 4 nitrogen and oxygen atoms in total. The monoisotopic (exact) mass is 247 g/mol. The molecular weight excluding hydrogens is 225 g/mol. The van der Waals surface area contributed by atoms with E-state index in [0.29, 0.717) is 6.42 Å². The Balaban J connectivity index is 2.70. The quantitative estimate of drug-likeness (QED) is 0.772. The summed E-state index contributed by atoms with van der Waals surface area (Å²) in [5.74, 6) is 0. The van der Waals surface area contributed by atoms with E-state index in [9.17, 15) is 9.18 Å². The number of hydrogen-bond donors (Lipinski definition) is 1. The predicted molar refractivity (Wildman–Crippen MR) is 62.6 cm³/mol. The number of ether oxygens (including phenoxy) is 1. The van der Waals surface area contributed by atoms with Gasteiger partial charge in [-0.15, -0.1) is 0 Å². The van der Waals surface area contributed by atoms with Gasteiger partial charge in [-0.25, -0.2) is 9.18 Å². The van der Waals surface area contributed by atoms with Crippen molar-refractivity contribution in [2.75, 3.05) is 13.2 Å². The molecule has 1 saturated heterocycles. The first-order valence-corrected chi connectivity index (χ1v) is 5.96. The van der Waals surface area contributed by atoms with Crippen molar-refractivity contribution in [3.05, 3.63) is 0 Å². The maximum Gasteiger partial charge on any atom is 0.410 e. The van der Waals surface area contributed by atoms with Crippen LogP contribution in [-0.4, -0.2) is 46.6 Å². The van der Waals surface area contributed by atoms with E-state index in [2.05, 4.69) is 0 Å². The molecule has 2 atom stereocenters. The van der Waals surface area contributed by atoms with Crippen molar-refractivity contribution >= 4 is 6.09 Å². The first-order chi connectivity index (χ1) is 7.67. The van der Waals surface area contributed by atoms with Gasteiger partial charge in [0, 0.05) is 6.04 Å². The molecule has 1 aliphatic rings. The van der Waals surface area contributed by atoms with E-state index in [-0.39, 0.29) is 19.0 Å². The summed E-state index contributed by atoms with van der Waals surface area (Å²) in [5.41, 5.74) is -2.28. The van der Waals surface area contributed by atoms with Gasteiger partial charge in [0.25, 0.3) is 0 Å². The Kier molecular flexibility index (Phi) is 4.02. The third-order valence-corrected chi connectivity index (χ3v) is 2.91. The smallest absolute Gasteiger partial charge is 0.410 e. The highest BCUT2D eigenvalue weighted by Gasteiger charge is 2.41. The van der Waals surface area contributed by atoms with Crippen molar-refractivity contribution in [3.8, 4) is 0 Å². The fourth-order valence-corrected chi connectivity index (χ4v) is 1.86. The summed E-state index contributed by atoms with van der Waals surface area (Å²) in [6, 6.07) is -0.0553. The molecule has 2 unspecified atom stereocenters. The number of carbonyl (C=O) groups is 1. The third kappa shape index (κ3) is 3.84. The highest BCUT2D eigenvalue weighted by molar-refractivity contribution is 5.68. The van der Waals surface area contributed by atoms with Gasteiger partial charge in [0.05, 0.1) is 13.2 Å². The van der Waals surface area contributed by atoms with Crippen molar-refractivity contribution in [1.29, 1.82) is 0 Å². The summed E-state index contributed by atoms with van der Waals surface area (Å²) in [5, 5.41) is 9.01. The van der Waals surface area contributed by atoms with Crippen LogP contribution < -0.4 is 0 Å². The number of hydrogen-bond acceptors (Lipinski definition) is 3. The van der Waals surface area contributed by atoms with Gasteiger partial charge in [0.1, 0.15) is 5.60 Å². The van der Waals surface area contributed by atoms with Gasteiger partial charge in [-0.05, 0) is 40.5 Å². The standard InChI is InChI=1S/C12H22FNO3/c1-9-5-6-12(13,8-15)7-14(9)10(16)17-11(2,3)4/h9,15H,5-8H2,1-4H3. The molecule has 0 aromatic heterocycles. The lowest BCUT2D eigenvalue weighted by atomic mass is 9.92. The average molecular weight is 247 g/mol. The summed E-state index contributed by atoms with van der Waals surface area (Å²) < 4.78 is 19.2. The summed E-state index contributed by atoms with van der Waals surface area (Å²) in [4.78, 5) is 13.2. The fraction of sp³-hybridized carbons (Fsp3) is 0.917. The molecule has 100 valence electrons. The second-order valence-electron chi connectivity index (χ2n) is 5.80. The van der Waals surface area contributed by atoms with Crippen LogP contribution >= 0.6 is 0 Å². The zero-order chi connectivity index (χ0) is 13.3. The van der Waals surface area contributed by atoms with Crippen LogP contribution in [0.15, 0.2) is 0 Å². The molecule has 1 fully saturated rings. The van der Waals surface area contributed by atoms with E-state index < -0.39 is 24.0 Å². The number of nitrogens with zero attached hydrogens (tertiary/aromatic N) is 1. The maximum absolute atomic E-state index is 14.0. The number of likely N-dealkylation sites (tertiary alicyclic amines) is 1. The SMILES string of the molecule is CC1CCC(F)(CO)CN1C(=O)OC(C)(C)C. The lowest BCUT2D eigenvalue weighted by molar-refractivity contribution is -0.0383. The maximum atomic E-state index is 14.0. The van der Waals surface area contributed by atoms with Crippen LogP contribution in [0.4, 0.5) is 9.18 Å². The molecule has 0 aliphatic carbocycles. The van der Waals surface area contributed by atoms with Crippen LogP contribution in [0.1, 0.15) is 40.5 Å². The Morgan fingerprint density at radius 2 is 2.18 bits per heavy atom. The van der Waals surface area contributed by atoms with Crippen LogP contribution in [0.3, 0.4) is 0 Å². The van der Waals surface area contributed by atoms with Crippen molar-refractivity contribution in [1.82, 2.24) is 4.90 Å². The molecule has 17 heavy (non-hydrogen) atoms. The highest BCUT2D eigenvalue weighted by Crippen LogP contribution is 2.29. The van der Waals surface area contributed by atoms with E-state index in [1.54, 1.807) is 20.8 Å². The number of rotatable bonds is 1. The fourth-order valence-electron chi connectivity index (χ4n) is 1.86. The molecule has 1 heterocycles. The van der Waals surface area contributed by atoms with Crippen molar-refractivity contribution in [3.63, 3.8) is 0 Å². The molecule has 1 amide bonds. The van der Waals surface area contributed by atoms with Gasteiger partial charge in [-0.1, -0.05) is 0 Å². The van der Waals surface area contributed by atoms with Crippen LogP contribution in [0.25, 0.3) is 0 Å². The van der Waals surface area contributed by atoms with Gasteiger partial charge in [0.15, 0.2) is 5.67 Å². The molecule has 0 aromatic carbocycles. The summed E-state index contributed by atoms with van der Waals surface area (Å²) in [7, 11) is 0. The molecule has 1 N–H and O–H groups in total.